The zero-order valence-corrected chi connectivity index (χ0v) is 10.1. The average Bonchev–Trinajstić information content (AvgIpc) is 2.16. The minimum Gasteiger partial charge on any atom is -0.380 e. The van der Waals surface area contributed by atoms with Crippen LogP contribution in [-0.4, -0.2) is 43.8 Å². The van der Waals surface area contributed by atoms with Gasteiger partial charge in [0.2, 0.25) is 0 Å². The second kappa shape index (κ2) is 8.21. The first-order valence-corrected chi connectivity index (χ1v) is 5.67. The zero-order chi connectivity index (χ0) is 11.0. The van der Waals surface area contributed by atoms with Gasteiger partial charge < -0.3 is 10.5 Å². The molecule has 0 aromatic carbocycles. The van der Waals surface area contributed by atoms with Gasteiger partial charge in [0.1, 0.15) is 0 Å². The van der Waals surface area contributed by atoms with Gasteiger partial charge in [0.25, 0.3) is 0 Å². The topological polar surface area (TPSA) is 38.5 Å². The van der Waals surface area contributed by atoms with E-state index in [1.807, 2.05) is 6.92 Å². The molecule has 0 aliphatic heterocycles. The molecule has 0 heterocycles. The summed E-state index contributed by atoms with van der Waals surface area (Å²) >= 11 is 0. The van der Waals surface area contributed by atoms with Crippen LogP contribution < -0.4 is 5.73 Å². The first-order valence-electron chi connectivity index (χ1n) is 5.67. The lowest BCUT2D eigenvalue weighted by atomic mass is 10.1. The third-order valence-electron chi connectivity index (χ3n) is 2.53. The van der Waals surface area contributed by atoms with Crippen molar-refractivity contribution in [2.24, 2.45) is 11.7 Å². The number of hydrogen-bond acceptors (Lipinski definition) is 3. The average molecular weight is 202 g/mol. The quantitative estimate of drug-likeness (QED) is 0.603. The van der Waals surface area contributed by atoms with Crippen molar-refractivity contribution in [2.75, 3.05) is 32.8 Å². The number of rotatable bonds is 8. The highest BCUT2D eigenvalue weighted by Gasteiger charge is 2.11. The molecule has 1 unspecified atom stereocenters. The molecule has 3 nitrogen and oxygen atoms in total. The lowest BCUT2D eigenvalue weighted by Crippen LogP contribution is -2.41. The fourth-order valence-electron chi connectivity index (χ4n) is 1.23. The van der Waals surface area contributed by atoms with E-state index in [1.54, 1.807) is 0 Å². The maximum Gasteiger partial charge on any atom is 0.0593 e. The van der Waals surface area contributed by atoms with Crippen molar-refractivity contribution < 1.29 is 4.74 Å². The second-order valence-electron chi connectivity index (χ2n) is 4.00. The van der Waals surface area contributed by atoms with Crippen LogP contribution in [0.3, 0.4) is 0 Å². The fourth-order valence-corrected chi connectivity index (χ4v) is 1.23. The predicted octanol–water partition coefficient (Wildman–Crippen LogP) is 1.33. The Kier molecular flexibility index (Phi) is 8.14. The van der Waals surface area contributed by atoms with Gasteiger partial charge in [-0.1, -0.05) is 20.8 Å². The summed E-state index contributed by atoms with van der Waals surface area (Å²) in [7, 11) is 0. The summed E-state index contributed by atoms with van der Waals surface area (Å²) in [6.07, 6.45) is 0. The Labute approximate surface area is 88.6 Å². The highest BCUT2D eigenvalue weighted by Crippen LogP contribution is 2.01. The Morgan fingerprint density at radius 3 is 2.36 bits per heavy atom. The summed E-state index contributed by atoms with van der Waals surface area (Å²) in [6.45, 7) is 13.2. The van der Waals surface area contributed by atoms with E-state index in [2.05, 4.69) is 25.7 Å². The van der Waals surface area contributed by atoms with Gasteiger partial charge in [-0.15, -0.1) is 0 Å². The van der Waals surface area contributed by atoms with Gasteiger partial charge in [-0.05, 0) is 19.4 Å². The summed E-state index contributed by atoms with van der Waals surface area (Å²) in [5, 5.41) is 0. The molecule has 0 spiro atoms. The third-order valence-corrected chi connectivity index (χ3v) is 2.53. The molecule has 1 atom stereocenters. The standard InChI is InChI=1S/C11H26N2O/c1-5-13(7-8-14-6-2)9-11(12)10(3)4/h10-11H,5-9,12H2,1-4H3. The van der Waals surface area contributed by atoms with Crippen LogP contribution in [0.15, 0.2) is 0 Å². The van der Waals surface area contributed by atoms with Gasteiger partial charge in [0.15, 0.2) is 0 Å². The van der Waals surface area contributed by atoms with E-state index in [0.717, 1.165) is 32.8 Å². The molecule has 0 amide bonds. The van der Waals surface area contributed by atoms with Gasteiger partial charge in [-0.3, -0.25) is 4.90 Å². The smallest absolute Gasteiger partial charge is 0.0593 e. The Morgan fingerprint density at radius 2 is 1.93 bits per heavy atom. The minimum absolute atomic E-state index is 0.275. The van der Waals surface area contributed by atoms with Crippen molar-refractivity contribution >= 4 is 0 Å². The van der Waals surface area contributed by atoms with Crippen LogP contribution in [0.25, 0.3) is 0 Å². The van der Waals surface area contributed by atoms with Crippen LogP contribution in [0, 0.1) is 5.92 Å². The Morgan fingerprint density at radius 1 is 1.29 bits per heavy atom. The zero-order valence-electron chi connectivity index (χ0n) is 10.1. The van der Waals surface area contributed by atoms with Crippen LogP contribution in [0.5, 0.6) is 0 Å². The number of likely N-dealkylation sites (N-methyl/N-ethyl adjacent to an activating group) is 1. The third kappa shape index (κ3) is 6.35. The first-order chi connectivity index (χ1) is 6.61. The summed E-state index contributed by atoms with van der Waals surface area (Å²) in [4.78, 5) is 2.35. The van der Waals surface area contributed by atoms with Gasteiger partial charge in [0.05, 0.1) is 6.61 Å². The Hall–Kier alpha value is -0.120. The van der Waals surface area contributed by atoms with E-state index in [-0.39, 0.29) is 6.04 Å². The van der Waals surface area contributed by atoms with Crippen molar-refractivity contribution in [1.29, 1.82) is 0 Å². The molecular formula is C11H26N2O. The number of ether oxygens (including phenoxy) is 1. The van der Waals surface area contributed by atoms with Crippen molar-refractivity contribution in [3.63, 3.8) is 0 Å². The lowest BCUT2D eigenvalue weighted by Gasteiger charge is -2.25. The molecule has 0 fully saturated rings. The maximum atomic E-state index is 6.01. The second-order valence-corrected chi connectivity index (χ2v) is 4.00. The van der Waals surface area contributed by atoms with E-state index >= 15 is 0 Å². The van der Waals surface area contributed by atoms with Gasteiger partial charge in [-0.2, -0.15) is 0 Å². The van der Waals surface area contributed by atoms with Gasteiger partial charge >= 0.3 is 0 Å². The highest BCUT2D eigenvalue weighted by molar-refractivity contribution is 4.70. The van der Waals surface area contributed by atoms with Crippen LogP contribution in [0.4, 0.5) is 0 Å². The molecule has 3 heteroatoms. The molecule has 0 aliphatic rings. The predicted molar refractivity (Wildman–Crippen MR) is 61.4 cm³/mol. The molecule has 0 aliphatic carbocycles. The molecule has 0 saturated heterocycles. The van der Waals surface area contributed by atoms with Crippen LogP contribution in [0.1, 0.15) is 27.7 Å². The Balaban J connectivity index is 3.67. The summed E-state index contributed by atoms with van der Waals surface area (Å²) in [5.74, 6) is 0.552. The molecule has 2 N–H and O–H groups in total. The molecule has 14 heavy (non-hydrogen) atoms. The number of hydrogen-bond donors (Lipinski definition) is 1. The number of nitrogens with zero attached hydrogens (tertiary/aromatic N) is 1. The van der Waals surface area contributed by atoms with Crippen molar-refractivity contribution in [1.82, 2.24) is 4.90 Å². The van der Waals surface area contributed by atoms with Crippen LogP contribution in [0.2, 0.25) is 0 Å². The van der Waals surface area contributed by atoms with Gasteiger partial charge in [-0.25, -0.2) is 0 Å². The Bertz CT molecular complexity index is 128. The molecule has 0 radical (unpaired) electrons. The normalized spacial score (nSPS) is 13.9. The van der Waals surface area contributed by atoms with Crippen LogP contribution >= 0.6 is 0 Å². The molecule has 0 rings (SSSR count). The van der Waals surface area contributed by atoms with Crippen molar-refractivity contribution in [3.8, 4) is 0 Å². The summed E-state index contributed by atoms with van der Waals surface area (Å²) < 4.78 is 5.33. The van der Waals surface area contributed by atoms with E-state index in [9.17, 15) is 0 Å². The minimum atomic E-state index is 0.275. The van der Waals surface area contributed by atoms with Crippen LogP contribution in [-0.2, 0) is 4.74 Å². The molecule has 86 valence electrons. The van der Waals surface area contributed by atoms with E-state index in [4.69, 9.17) is 10.5 Å². The van der Waals surface area contributed by atoms with E-state index in [1.165, 1.54) is 0 Å². The monoisotopic (exact) mass is 202 g/mol. The highest BCUT2D eigenvalue weighted by atomic mass is 16.5. The van der Waals surface area contributed by atoms with Gasteiger partial charge in [0, 0.05) is 25.7 Å². The summed E-state index contributed by atoms with van der Waals surface area (Å²) in [6, 6.07) is 0.275. The lowest BCUT2D eigenvalue weighted by molar-refractivity contribution is 0.111. The molecular weight excluding hydrogens is 176 g/mol. The fraction of sp³-hybridized carbons (Fsp3) is 1.00. The summed E-state index contributed by atoms with van der Waals surface area (Å²) in [5.41, 5.74) is 6.01. The maximum absolute atomic E-state index is 6.01. The first kappa shape index (κ1) is 13.9. The molecule has 0 saturated carbocycles. The SMILES string of the molecule is CCOCCN(CC)CC(N)C(C)C. The molecule has 0 bridgehead atoms. The van der Waals surface area contributed by atoms with E-state index in [0.29, 0.717) is 5.92 Å². The van der Waals surface area contributed by atoms with Crippen molar-refractivity contribution in [2.45, 2.75) is 33.7 Å². The van der Waals surface area contributed by atoms with Crippen molar-refractivity contribution in [3.05, 3.63) is 0 Å². The molecule has 0 aromatic rings. The largest absolute Gasteiger partial charge is 0.380 e. The van der Waals surface area contributed by atoms with E-state index < -0.39 is 0 Å². The number of nitrogens with two attached hydrogens (primary N) is 1. The molecule has 0 aromatic heterocycles.